The van der Waals surface area contributed by atoms with Crippen LogP contribution in [0.2, 0.25) is 0 Å². The van der Waals surface area contributed by atoms with Gasteiger partial charge in [0, 0.05) is 12.3 Å². The number of H-pyrrole nitrogens is 1. The number of aromatic amines is 1. The largest absolute Gasteiger partial charge is 0.399 e. The lowest BCUT2D eigenvalue weighted by molar-refractivity contribution is 0.270. The van der Waals surface area contributed by atoms with Gasteiger partial charge in [0.25, 0.3) is 0 Å². The molecule has 5 heteroatoms. The molecule has 19 heavy (non-hydrogen) atoms. The van der Waals surface area contributed by atoms with Gasteiger partial charge in [0.1, 0.15) is 5.82 Å². The summed E-state index contributed by atoms with van der Waals surface area (Å²) in [5.74, 6) is 0.963. The average Bonchev–Trinajstić information content (AvgIpc) is 2.76. The number of benzene rings is 1. The van der Waals surface area contributed by atoms with Crippen molar-refractivity contribution in [2.75, 3.05) is 25.9 Å². The van der Waals surface area contributed by atoms with Gasteiger partial charge in [0.15, 0.2) is 0 Å². The van der Waals surface area contributed by atoms with Crippen LogP contribution in [0.5, 0.6) is 0 Å². The number of anilines is 1. The highest BCUT2D eigenvalue weighted by molar-refractivity contribution is 5.78. The van der Waals surface area contributed by atoms with E-state index in [1.165, 1.54) is 0 Å². The lowest BCUT2D eigenvalue weighted by Crippen LogP contribution is -2.19. The third kappa shape index (κ3) is 3.94. The van der Waals surface area contributed by atoms with Gasteiger partial charge in [-0.15, -0.1) is 0 Å². The number of hydrogen-bond acceptors (Lipinski definition) is 4. The smallest absolute Gasteiger partial charge is 0.121 e. The summed E-state index contributed by atoms with van der Waals surface area (Å²) >= 11 is 0. The summed E-state index contributed by atoms with van der Waals surface area (Å²) in [7, 11) is 2.08. The standard InChI is InChI=1S/C14H22N4O/c1-18(7-3-2-4-8-19)10-14-16-12-6-5-11(15)9-13(12)17-14/h5-6,9,19H,2-4,7-8,10,15H2,1H3,(H,16,17). The second kappa shape index (κ2) is 6.54. The van der Waals surface area contributed by atoms with E-state index in [0.717, 1.165) is 54.9 Å². The van der Waals surface area contributed by atoms with Crippen LogP contribution in [0.25, 0.3) is 11.0 Å². The topological polar surface area (TPSA) is 78.2 Å². The molecule has 0 unspecified atom stereocenters. The van der Waals surface area contributed by atoms with E-state index >= 15 is 0 Å². The Labute approximate surface area is 113 Å². The molecule has 1 aromatic heterocycles. The monoisotopic (exact) mass is 262 g/mol. The Balaban J connectivity index is 1.89. The Bertz CT molecular complexity index is 523. The normalized spacial score (nSPS) is 11.5. The summed E-state index contributed by atoms with van der Waals surface area (Å²) in [4.78, 5) is 10.1. The molecule has 0 atom stereocenters. The van der Waals surface area contributed by atoms with E-state index in [4.69, 9.17) is 10.8 Å². The van der Waals surface area contributed by atoms with E-state index in [1.807, 2.05) is 18.2 Å². The SMILES string of the molecule is CN(CCCCCO)Cc1nc2ccc(N)cc2[nH]1. The summed E-state index contributed by atoms with van der Waals surface area (Å²) in [5, 5.41) is 8.73. The van der Waals surface area contributed by atoms with Gasteiger partial charge in [-0.2, -0.15) is 0 Å². The number of aromatic nitrogens is 2. The molecule has 104 valence electrons. The third-order valence-corrected chi connectivity index (χ3v) is 3.17. The molecule has 1 aromatic carbocycles. The Kier molecular flexibility index (Phi) is 4.76. The molecule has 2 rings (SSSR count). The Morgan fingerprint density at radius 3 is 2.95 bits per heavy atom. The Morgan fingerprint density at radius 2 is 2.16 bits per heavy atom. The predicted octanol–water partition coefficient (Wildman–Crippen LogP) is 1.74. The molecular formula is C14H22N4O. The molecule has 0 saturated heterocycles. The average molecular weight is 262 g/mol. The number of aliphatic hydroxyl groups excluding tert-OH is 1. The summed E-state index contributed by atoms with van der Waals surface area (Å²) in [5.41, 5.74) is 8.45. The van der Waals surface area contributed by atoms with Gasteiger partial charge in [0.2, 0.25) is 0 Å². The number of fused-ring (bicyclic) bond motifs is 1. The maximum Gasteiger partial charge on any atom is 0.121 e. The number of nitrogens with zero attached hydrogens (tertiary/aromatic N) is 2. The van der Waals surface area contributed by atoms with Crippen LogP contribution in [0.1, 0.15) is 25.1 Å². The van der Waals surface area contributed by atoms with Gasteiger partial charge in [-0.3, -0.25) is 4.90 Å². The van der Waals surface area contributed by atoms with Crippen molar-refractivity contribution in [1.82, 2.24) is 14.9 Å². The zero-order valence-electron chi connectivity index (χ0n) is 11.4. The second-order valence-electron chi connectivity index (χ2n) is 4.98. The van der Waals surface area contributed by atoms with Crippen molar-refractivity contribution in [3.63, 3.8) is 0 Å². The first-order valence-corrected chi connectivity index (χ1v) is 6.72. The van der Waals surface area contributed by atoms with Crippen LogP contribution in [-0.4, -0.2) is 40.2 Å². The van der Waals surface area contributed by atoms with E-state index in [-0.39, 0.29) is 6.61 Å². The lowest BCUT2D eigenvalue weighted by atomic mass is 10.2. The number of aliphatic hydroxyl groups is 1. The summed E-state index contributed by atoms with van der Waals surface area (Å²) < 4.78 is 0. The van der Waals surface area contributed by atoms with E-state index in [9.17, 15) is 0 Å². The van der Waals surface area contributed by atoms with Crippen molar-refractivity contribution in [2.45, 2.75) is 25.8 Å². The number of nitrogens with one attached hydrogen (secondary N) is 1. The predicted molar refractivity (Wildman–Crippen MR) is 77.8 cm³/mol. The maximum absolute atomic E-state index is 8.73. The van der Waals surface area contributed by atoms with Crippen LogP contribution < -0.4 is 5.73 Å². The van der Waals surface area contributed by atoms with Gasteiger partial charge in [-0.25, -0.2) is 4.98 Å². The van der Waals surface area contributed by atoms with Crippen molar-refractivity contribution in [2.24, 2.45) is 0 Å². The van der Waals surface area contributed by atoms with Crippen molar-refractivity contribution in [3.8, 4) is 0 Å². The molecule has 2 aromatic rings. The Hall–Kier alpha value is -1.59. The molecule has 0 aliphatic rings. The highest BCUT2D eigenvalue weighted by Crippen LogP contribution is 2.15. The fraction of sp³-hybridized carbons (Fsp3) is 0.500. The van der Waals surface area contributed by atoms with Crippen molar-refractivity contribution in [3.05, 3.63) is 24.0 Å². The summed E-state index contributed by atoms with van der Waals surface area (Å²) in [6.07, 6.45) is 3.06. The number of unbranched alkanes of at least 4 members (excludes halogenated alkanes) is 2. The fourth-order valence-electron chi connectivity index (χ4n) is 2.16. The van der Waals surface area contributed by atoms with Crippen LogP contribution in [0, 0.1) is 0 Å². The molecule has 0 fully saturated rings. The zero-order chi connectivity index (χ0) is 13.7. The molecule has 0 aliphatic heterocycles. The van der Waals surface area contributed by atoms with Gasteiger partial charge < -0.3 is 15.8 Å². The molecular weight excluding hydrogens is 240 g/mol. The zero-order valence-corrected chi connectivity index (χ0v) is 11.4. The molecule has 0 radical (unpaired) electrons. The molecule has 0 amide bonds. The number of hydrogen-bond donors (Lipinski definition) is 3. The minimum absolute atomic E-state index is 0.286. The maximum atomic E-state index is 8.73. The van der Waals surface area contributed by atoms with E-state index in [0.29, 0.717) is 0 Å². The van der Waals surface area contributed by atoms with E-state index in [2.05, 4.69) is 21.9 Å². The molecule has 0 aliphatic carbocycles. The molecule has 0 saturated carbocycles. The number of imidazole rings is 1. The number of rotatable bonds is 7. The van der Waals surface area contributed by atoms with Crippen molar-refractivity contribution < 1.29 is 5.11 Å². The van der Waals surface area contributed by atoms with Crippen molar-refractivity contribution >= 4 is 16.7 Å². The van der Waals surface area contributed by atoms with Crippen LogP contribution in [0.3, 0.4) is 0 Å². The summed E-state index contributed by atoms with van der Waals surface area (Å²) in [6.45, 7) is 2.10. The first kappa shape index (κ1) is 13.8. The molecule has 5 nitrogen and oxygen atoms in total. The lowest BCUT2D eigenvalue weighted by Gasteiger charge is -2.14. The van der Waals surface area contributed by atoms with Crippen molar-refractivity contribution in [1.29, 1.82) is 0 Å². The number of nitrogens with two attached hydrogens (primary N) is 1. The van der Waals surface area contributed by atoms with Gasteiger partial charge >= 0.3 is 0 Å². The summed E-state index contributed by atoms with van der Waals surface area (Å²) in [6, 6.07) is 5.71. The minimum Gasteiger partial charge on any atom is -0.399 e. The molecule has 1 heterocycles. The van der Waals surface area contributed by atoms with Crippen LogP contribution in [-0.2, 0) is 6.54 Å². The second-order valence-corrected chi connectivity index (χ2v) is 4.98. The first-order valence-electron chi connectivity index (χ1n) is 6.72. The van der Waals surface area contributed by atoms with Gasteiger partial charge in [-0.1, -0.05) is 0 Å². The van der Waals surface area contributed by atoms with E-state index in [1.54, 1.807) is 0 Å². The molecule has 0 bridgehead atoms. The van der Waals surface area contributed by atoms with Crippen LogP contribution >= 0.6 is 0 Å². The highest BCUT2D eigenvalue weighted by Gasteiger charge is 2.06. The van der Waals surface area contributed by atoms with Crippen LogP contribution in [0.15, 0.2) is 18.2 Å². The van der Waals surface area contributed by atoms with E-state index < -0.39 is 0 Å². The molecule has 4 N–H and O–H groups in total. The number of nitrogen functional groups attached to an aromatic ring is 1. The molecule has 0 spiro atoms. The highest BCUT2D eigenvalue weighted by atomic mass is 16.2. The minimum atomic E-state index is 0.286. The quantitative estimate of drug-likeness (QED) is 0.524. The third-order valence-electron chi connectivity index (χ3n) is 3.17. The first-order chi connectivity index (χ1) is 9.19. The van der Waals surface area contributed by atoms with Gasteiger partial charge in [0.05, 0.1) is 17.6 Å². The van der Waals surface area contributed by atoms with Crippen LogP contribution in [0.4, 0.5) is 5.69 Å². The fourth-order valence-corrected chi connectivity index (χ4v) is 2.16. The van der Waals surface area contributed by atoms with Gasteiger partial charge in [-0.05, 0) is 51.1 Å². The Morgan fingerprint density at radius 1 is 1.32 bits per heavy atom.